The van der Waals surface area contributed by atoms with Crippen molar-refractivity contribution in [1.82, 2.24) is 9.62 Å². The predicted molar refractivity (Wildman–Crippen MR) is 142 cm³/mol. The van der Waals surface area contributed by atoms with Gasteiger partial charge in [-0.05, 0) is 54.8 Å². The summed E-state index contributed by atoms with van der Waals surface area (Å²) < 4.78 is 34.9. The van der Waals surface area contributed by atoms with E-state index in [2.05, 4.69) is 9.62 Å². The molecule has 36 heavy (non-hydrogen) atoms. The summed E-state index contributed by atoms with van der Waals surface area (Å²) >= 11 is 6.14. The third-order valence-corrected chi connectivity index (χ3v) is 7.98. The Morgan fingerprint density at radius 3 is 2.39 bits per heavy atom. The first kappa shape index (κ1) is 26.0. The molecule has 0 saturated carbocycles. The third kappa shape index (κ3) is 6.19. The van der Waals surface area contributed by atoms with Gasteiger partial charge in [0.05, 0.1) is 7.11 Å². The van der Waals surface area contributed by atoms with E-state index >= 15 is 0 Å². The van der Waals surface area contributed by atoms with Gasteiger partial charge in [-0.3, -0.25) is 4.79 Å². The lowest BCUT2D eigenvalue weighted by Gasteiger charge is -2.37. The number of sulfonamides is 1. The molecule has 9 heteroatoms. The number of carbonyl (C=O) groups is 1. The number of carbonyl (C=O) groups excluding carboxylic acids is 1. The Hall–Kier alpha value is -3.07. The van der Waals surface area contributed by atoms with Gasteiger partial charge in [0.1, 0.15) is 16.7 Å². The Kier molecular flexibility index (Phi) is 8.18. The molecule has 190 valence electrons. The first-order valence-corrected chi connectivity index (χ1v) is 13.6. The number of halogens is 1. The van der Waals surface area contributed by atoms with Gasteiger partial charge in [0.2, 0.25) is 15.9 Å². The molecular weight excluding hydrogens is 498 g/mol. The van der Waals surface area contributed by atoms with Gasteiger partial charge in [-0.2, -0.15) is 4.72 Å². The van der Waals surface area contributed by atoms with Crippen LogP contribution in [0.3, 0.4) is 0 Å². The monoisotopic (exact) mass is 527 g/mol. The van der Waals surface area contributed by atoms with Crippen LogP contribution in [0, 0.1) is 6.92 Å². The zero-order valence-electron chi connectivity index (χ0n) is 20.4. The van der Waals surface area contributed by atoms with Crippen LogP contribution in [0.15, 0.2) is 77.7 Å². The number of benzene rings is 3. The Balaban J connectivity index is 1.55. The number of ether oxygens (including phenoxy) is 1. The fraction of sp³-hybridized carbons (Fsp3) is 0.296. The van der Waals surface area contributed by atoms with Crippen molar-refractivity contribution < 1.29 is 17.9 Å². The van der Waals surface area contributed by atoms with E-state index in [1.54, 1.807) is 23.1 Å². The number of hydrogen-bond donors (Lipinski definition) is 1. The maximum absolute atomic E-state index is 13.7. The molecular formula is C27H30ClN3O4S. The van der Waals surface area contributed by atoms with Crippen molar-refractivity contribution in [3.8, 4) is 5.75 Å². The number of methoxy groups -OCH3 is 1. The maximum Gasteiger partial charge on any atom is 0.244 e. The van der Waals surface area contributed by atoms with E-state index in [1.807, 2.05) is 61.5 Å². The van der Waals surface area contributed by atoms with Crippen molar-refractivity contribution in [1.29, 1.82) is 0 Å². The van der Waals surface area contributed by atoms with Crippen molar-refractivity contribution in [2.75, 3.05) is 38.2 Å². The lowest BCUT2D eigenvalue weighted by Crippen LogP contribution is -2.55. The van der Waals surface area contributed by atoms with Crippen LogP contribution < -0.4 is 14.4 Å². The standard InChI is InChI=1S/C27H30ClN3O4S/c1-20-11-12-25(35-2)26(17-20)36(33,34)29-24(18-21-7-4-3-5-8-21)27(32)31-15-13-30(14-16-31)23-10-6-9-22(28)19-23/h3-12,17,19,24,29H,13-16,18H2,1-2H3/t24-/m0/s1. The van der Waals surface area contributed by atoms with Gasteiger partial charge in [-0.25, -0.2) is 8.42 Å². The fourth-order valence-corrected chi connectivity index (χ4v) is 5.98. The molecule has 1 aliphatic rings. The molecule has 7 nitrogen and oxygen atoms in total. The first-order valence-electron chi connectivity index (χ1n) is 11.8. The molecule has 1 saturated heterocycles. The minimum atomic E-state index is -4.03. The first-order chi connectivity index (χ1) is 17.3. The van der Waals surface area contributed by atoms with E-state index in [0.717, 1.165) is 16.8 Å². The second-order valence-corrected chi connectivity index (χ2v) is 10.9. The summed E-state index contributed by atoms with van der Waals surface area (Å²) in [7, 11) is -2.61. The highest BCUT2D eigenvalue weighted by molar-refractivity contribution is 7.89. The van der Waals surface area contributed by atoms with Crippen LogP contribution in [0.1, 0.15) is 11.1 Å². The Bertz CT molecular complexity index is 1310. The van der Waals surface area contributed by atoms with E-state index in [4.69, 9.17) is 16.3 Å². The van der Waals surface area contributed by atoms with E-state index in [0.29, 0.717) is 31.2 Å². The van der Waals surface area contributed by atoms with Crippen LogP contribution in [-0.4, -0.2) is 58.6 Å². The average Bonchev–Trinajstić information content (AvgIpc) is 2.88. The number of nitrogens with zero attached hydrogens (tertiary/aromatic N) is 2. The lowest BCUT2D eigenvalue weighted by atomic mass is 10.1. The summed E-state index contributed by atoms with van der Waals surface area (Å²) in [5, 5.41) is 0.662. The number of rotatable bonds is 8. The summed E-state index contributed by atoms with van der Waals surface area (Å²) in [6, 6.07) is 21.0. The summed E-state index contributed by atoms with van der Waals surface area (Å²) in [5.74, 6) is -0.0195. The predicted octanol–water partition coefficient (Wildman–Crippen LogP) is 3.90. The zero-order chi connectivity index (χ0) is 25.7. The van der Waals surface area contributed by atoms with E-state index in [9.17, 15) is 13.2 Å². The molecule has 0 bridgehead atoms. The lowest BCUT2D eigenvalue weighted by molar-refractivity contribution is -0.133. The van der Waals surface area contributed by atoms with Gasteiger partial charge < -0.3 is 14.5 Å². The Labute approximate surface area is 217 Å². The quantitative estimate of drug-likeness (QED) is 0.481. The molecule has 3 aromatic carbocycles. The number of nitrogens with one attached hydrogen (secondary N) is 1. The highest BCUT2D eigenvalue weighted by atomic mass is 35.5. The van der Waals surface area contributed by atoms with Crippen LogP contribution in [0.25, 0.3) is 0 Å². The van der Waals surface area contributed by atoms with E-state index in [-0.39, 0.29) is 23.0 Å². The smallest absolute Gasteiger partial charge is 0.244 e. The van der Waals surface area contributed by atoms with Gasteiger partial charge in [-0.1, -0.05) is 54.1 Å². The van der Waals surface area contributed by atoms with Crippen molar-refractivity contribution in [3.05, 3.63) is 88.9 Å². The Morgan fingerprint density at radius 2 is 1.72 bits per heavy atom. The van der Waals surface area contributed by atoms with Crippen LogP contribution in [0.4, 0.5) is 5.69 Å². The molecule has 1 fully saturated rings. The highest BCUT2D eigenvalue weighted by Crippen LogP contribution is 2.26. The SMILES string of the molecule is COc1ccc(C)cc1S(=O)(=O)N[C@@H](Cc1ccccc1)C(=O)N1CCN(c2cccc(Cl)c2)CC1. The van der Waals surface area contributed by atoms with Gasteiger partial charge >= 0.3 is 0 Å². The largest absolute Gasteiger partial charge is 0.495 e. The second-order valence-electron chi connectivity index (χ2n) is 8.81. The number of aryl methyl sites for hydroxylation is 1. The molecule has 1 atom stereocenters. The molecule has 1 heterocycles. The molecule has 3 aromatic rings. The number of hydrogen-bond acceptors (Lipinski definition) is 5. The topological polar surface area (TPSA) is 78.9 Å². The van der Waals surface area contributed by atoms with Gasteiger partial charge in [0.15, 0.2) is 0 Å². The van der Waals surface area contributed by atoms with Gasteiger partial charge in [-0.15, -0.1) is 0 Å². The van der Waals surface area contributed by atoms with Crippen LogP contribution >= 0.6 is 11.6 Å². The maximum atomic E-state index is 13.7. The summed E-state index contributed by atoms with van der Waals surface area (Å²) in [6.07, 6.45) is 0.238. The van der Waals surface area contributed by atoms with Crippen molar-refractivity contribution in [2.45, 2.75) is 24.3 Å². The van der Waals surface area contributed by atoms with Crippen molar-refractivity contribution >= 4 is 33.2 Å². The minimum Gasteiger partial charge on any atom is -0.495 e. The van der Waals surface area contributed by atoms with E-state index in [1.165, 1.54) is 7.11 Å². The molecule has 1 N–H and O–H groups in total. The summed E-state index contributed by atoms with van der Waals surface area (Å²) in [4.78, 5) is 17.6. The Morgan fingerprint density at radius 1 is 1.00 bits per heavy atom. The van der Waals surface area contributed by atoms with Crippen LogP contribution in [0.5, 0.6) is 5.75 Å². The molecule has 1 aliphatic heterocycles. The number of anilines is 1. The molecule has 0 unspecified atom stereocenters. The number of piperazine rings is 1. The molecule has 1 amide bonds. The van der Waals surface area contributed by atoms with Crippen LogP contribution in [-0.2, 0) is 21.2 Å². The molecule has 4 rings (SSSR count). The summed E-state index contributed by atoms with van der Waals surface area (Å²) in [5.41, 5.74) is 2.65. The molecule has 0 spiro atoms. The average molecular weight is 528 g/mol. The highest BCUT2D eigenvalue weighted by Gasteiger charge is 2.32. The van der Waals surface area contributed by atoms with Crippen LogP contribution in [0.2, 0.25) is 5.02 Å². The van der Waals surface area contributed by atoms with Crippen molar-refractivity contribution in [3.63, 3.8) is 0 Å². The molecule has 0 aliphatic carbocycles. The summed E-state index contributed by atoms with van der Waals surface area (Å²) in [6.45, 7) is 4.02. The fourth-order valence-electron chi connectivity index (χ4n) is 4.35. The van der Waals surface area contributed by atoms with Gasteiger partial charge in [0.25, 0.3) is 0 Å². The van der Waals surface area contributed by atoms with Crippen molar-refractivity contribution in [2.24, 2.45) is 0 Å². The second kappa shape index (κ2) is 11.3. The molecule has 0 radical (unpaired) electrons. The van der Waals surface area contributed by atoms with Gasteiger partial charge in [0, 0.05) is 36.9 Å². The number of amides is 1. The normalized spacial score (nSPS) is 15.0. The van der Waals surface area contributed by atoms with E-state index < -0.39 is 16.1 Å². The zero-order valence-corrected chi connectivity index (χ0v) is 21.9. The third-order valence-electron chi connectivity index (χ3n) is 6.25. The minimum absolute atomic E-state index is 0.0154. The molecule has 0 aromatic heterocycles.